The lowest BCUT2D eigenvalue weighted by atomic mass is 9.99. The Balaban J connectivity index is 2.79. The van der Waals surface area contributed by atoms with Crippen molar-refractivity contribution in [3.05, 3.63) is 29.8 Å². The van der Waals surface area contributed by atoms with E-state index in [1.807, 2.05) is 0 Å². The molecule has 0 fully saturated rings. The third-order valence-corrected chi connectivity index (χ3v) is 5.02. The van der Waals surface area contributed by atoms with Gasteiger partial charge in [-0.15, -0.1) is 11.8 Å². The van der Waals surface area contributed by atoms with E-state index in [-0.39, 0.29) is 5.56 Å². The molecular formula is C17H24N2O5S. The summed E-state index contributed by atoms with van der Waals surface area (Å²) in [5.41, 5.74) is 7.09. The first-order valence-corrected chi connectivity index (χ1v) is 9.01. The van der Waals surface area contributed by atoms with Crippen LogP contribution in [0.25, 0.3) is 0 Å². The summed E-state index contributed by atoms with van der Waals surface area (Å²) >= 11 is 1.28. The molecule has 0 radical (unpaired) electrons. The van der Waals surface area contributed by atoms with Crippen molar-refractivity contribution in [3.8, 4) is 0 Å². The first kappa shape index (κ1) is 21.0. The van der Waals surface area contributed by atoms with Crippen molar-refractivity contribution in [1.82, 2.24) is 5.48 Å². The standard InChI is InChI=1S/C17H24N2O5S/c1-2-3-4-5-6-13(16(21)19-24)25-12-9-7-11(8-10-12)14(15(18)20)17(22)23/h7-10,13-14,24H,2-6H2,1H3,(H2,18,20)(H,19,21)(H,22,23). The molecule has 0 aliphatic rings. The van der Waals surface area contributed by atoms with E-state index in [1.54, 1.807) is 17.6 Å². The number of unbranched alkanes of at least 4 members (excludes halogenated alkanes) is 3. The van der Waals surface area contributed by atoms with Gasteiger partial charge in [0.1, 0.15) is 0 Å². The predicted molar refractivity (Wildman–Crippen MR) is 94.3 cm³/mol. The van der Waals surface area contributed by atoms with Gasteiger partial charge in [0.05, 0.1) is 5.25 Å². The molecule has 8 heteroatoms. The maximum absolute atomic E-state index is 11.8. The lowest BCUT2D eigenvalue weighted by molar-refractivity contribution is -0.142. The van der Waals surface area contributed by atoms with Crippen LogP contribution in [0.4, 0.5) is 0 Å². The largest absolute Gasteiger partial charge is 0.480 e. The number of carboxylic acid groups (broad SMARTS) is 1. The highest BCUT2D eigenvalue weighted by Crippen LogP contribution is 2.29. The highest BCUT2D eigenvalue weighted by Gasteiger charge is 2.26. The molecular weight excluding hydrogens is 344 g/mol. The molecule has 25 heavy (non-hydrogen) atoms. The van der Waals surface area contributed by atoms with E-state index >= 15 is 0 Å². The Morgan fingerprint density at radius 2 is 1.80 bits per heavy atom. The summed E-state index contributed by atoms with van der Waals surface area (Å²) in [4.78, 5) is 34.9. The third-order valence-electron chi connectivity index (χ3n) is 3.75. The second-order valence-corrected chi connectivity index (χ2v) is 6.95. The van der Waals surface area contributed by atoms with Crippen LogP contribution >= 0.6 is 11.8 Å². The number of carbonyl (C=O) groups is 3. The van der Waals surface area contributed by atoms with Crippen LogP contribution in [0.1, 0.15) is 50.5 Å². The van der Waals surface area contributed by atoms with Gasteiger partial charge in [0.2, 0.25) is 5.91 Å². The van der Waals surface area contributed by atoms with E-state index in [9.17, 15) is 14.4 Å². The number of primary amides is 1. The number of amides is 2. The van der Waals surface area contributed by atoms with E-state index in [4.69, 9.17) is 16.0 Å². The molecule has 1 rings (SSSR count). The maximum atomic E-state index is 11.8. The van der Waals surface area contributed by atoms with Crippen molar-refractivity contribution in [2.75, 3.05) is 0 Å². The van der Waals surface area contributed by atoms with Crippen LogP contribution < -0.4 is 11.2 Å². The summed E-state index contributed by atoms with van der Waals surface area (Å²) in [5, 5.41) is 17.5. The van der Waals surface area contributed by atoms with Crippen molar-refractivity contribution in [2.45, 2.75) is 55.1 Å². The zero-order valence-corrected chi connectivity index (χ0v) is 14.9. The van der Waals surface area contributed by atoms with Crippen LogP contribution in [0, 0.1) is 0 Å². The van der Waals surface area contributed by atoms with E-state index in [2.05, 4.69) is 6.92 Å². The normalized spacial score (nSPS) is 13.0. The van der Waals surface area contributed by atoms with Gasteiger partial charge >= 0.3 is 5.97 Å². The van der Waals surface area contributed by atoms with Crippen LogP contribution in [0.15, 0.2) is 29.2 Å². The Morgan fingerprint density at radius 1 is 1.16 bits per heavy atom. The van der Waals surface area contributed by atoms with Gasteiger partial charge in [-0.25, -0.2) is 5.48 Å². The minimum absolute atomic E-state index is 0.287. The summed E-state index contributed by atoms with van der Waals surface area (Å²) in [6.07, 6.45) is 4.70. The first-order valence-electron chi connectivity index (χ1n) is 8.13. The number of carbonyl (C=O) groups excluding carboxylic acids is 2. The fraction of sp³-hybridized carbons (Fsp3) is 0.471. The minimum atomic E-state index is -1.40. The molecule has 0 saturated carbocycles. The minimum Gasteiger partial charge on any atom is -0.480 e. The summed E-state index contributed by atoms with van der Waals surface area (Å²) in [7, 11) is 0. The number of benzene rings is 1. The Kier molecular flexibility index (Phi) is 9.01. The molecule has 0 saturated heterocycles. The predicted octanol–water partition coefficient (Wildman–Crippen LogP) is 2.28. The molecule has 1 aromatic carbocycles. The third kappa shape index (κ3) is 6.75. The summed E-state index contributed by atoms with van der Waals surface area (Å²) in [5.74, 6) is -4.10. The number of thioether (sulfide) groups is 1. The van der Waals surface area contributed by atoms with Gasteiger partial charge in [-0.1, -0.05) is 44.7 Å². The highest BCUT2D eigenvalue weighted by atomic mass is 32.2. The van der Waals surface area contributed by atoms with E-state index in [0.29, 0.717) is 6.42 Å². The Labute approximate surface area is 150 Å². The highest BCUT2D eigenvalue weighted by molar-refractivity contribution is 8.00. The molecule has 138 valence electrons. The van der Waals surface area contributed by atoms with Gasteiger partial charge in [-0.05, 0) is 24.1 Å². The average Bonchev–Trinajstić information content (AvgIpc) is 2.57. The van der Waals surface area contributed by atoms with Gasteiger partial charge in [0.25, 0.3) is 5.91 Å². The maximum Gasteiger partial charge on any atom is 0.320 e. The van der Waals surface area contributed by atoms with E-state index in [0.717, 1.165) is 30.6 Å². The molecule has 0 aliphatic carbocycles. The molecule has 7 nitrogen and oxygen atoms in total. The molecule has 0 spiro atoms. The van der Waals surface area contributed by atoms with Gasteiger partial charge in [-0.3, -0.25) is 19.6 Å². The molecule has 0 aromatic heterocycles. The van der Waals surface area contributed by atoms with Crippen molar-refractivity contribution in [3.63, 3.8) is 0 Å². The molecule has 0 bridgehead atoms. The quantitative estimate of drug-likeness (QED) is 0.156. The number of hydrogen-bond acceptors (Lipinski definition) is 5. The topological polar surface area (TPSA) is 130 Å². The Hall–Kier alpha value is -2.06. The Bertz CT molecular complexity index is 577. The zero-order valence-electron chi connectivity index (χ0n) is 14.1. The number of aliphatic carboxylic acids is 1. The van der Waals surface area contributed by atoms with Crippen molar-refractivity contribution >= 4 is 29.5 Å². The first-order chi connectivity index (χ1) is 11.9. The van der Waals surface area contributed by atoms with Crippen LogP contribution in [0.3, 0.4) is 0 Å². The SMILES string of the molecule is CCCCCCC(Sc1ccc(C(C(N)=O)C(=O)O)cc1)C(=O)NO. The van der Waals surface area contributed by atoms with Crippen molar-refractivity contribution in [2.24, 2.45) is 5.73 Å². The zero-order chi connectivity index (χ0) is 18.8. The molecule has 0 heterocycles. The number of nitrogens with two attached hydrogens (primary N) is 1. The monoisotopic (exact) mass is 368 g/mol. The van der Waals surface area contributed by atoms with E-state index < -0.39 is 29.0 Å². The van der Waals surface area contributed by atoms with Gasteiger partial charge in [0, 0.05) is 4.90 Å². The van der Waals surface area contributed by atoms with Crippen LogP contribution in [0.2, 0.25) is 0 Å². The fourth-order valence-electron chi connectivity index (χ4n) is 2.40. The lowest BCUT2D eigenvalue weighted by Crippen LogP contribution is -2.30. The van der Waals surface area contributed by atoms with Crippen LogP contribution in [0.5, 0.6) is 0 Å². The average molecular weight is 368 g/mol. The molecule has 5 N–H and O–H groups in total. The molecule has 2 unspecified atom stereocenters. The second-order valence-electron chi connectivity index (χ2n) is 5.67. The van der Waals surface area contributed by atoms with Crippen molar-refractivity contribution < 1.29 is 24.7 Å². The van der Waals surface area contributed by atoms with Gasteiger partial charge in [0.15, 0.2) is 5.92 Å². The Morgan fingerprint density at radius 3 is 2.28 bits per heavy atom. The van der Waals surface area contributed by atoms with Crippen LogP contribution in [-0.4, -0.2) is 33.3 Å². The summed E-state index contributed by atoms with van der Waals surface area (Å²) in [6, 6.07) is 6.30. The molecule has 2 atom stereocenters. The van der Waals surface area contributed by atoms with E-state index in [1.165, 1.54) is 23.9 Å². The number of carboxylic acids is 1. The second kappa shape index (κ2) is 10.7. The van der Waals surface area contributed by atoms with Crippen LogP contribution in [-0.2, 0) is 14.4 Å². The number of rotatable bonds is 11. The van der Waals surface area contributed by atoms with Gasteiger partial charge < -0.3 is 10.8 Å². The van der Waals surface area contributed by atoms with Gasteiger partial charge in [-0.2, -0.15) is 0 Å². The fourth-order valence-corrected chi connectivity index (χ4v) is 3.47. The number of nitrogens with one attached hydrogen (secondary N) is 1. The lowest BCUT2D eigenvalue weighted by Gasteiger charge is -2.15. The summed E-state index contributed by atoms with van der Waals surface area (Å²) < 4.78 is 0. The number of hydrogen-bond donors (Lipinski definition) is 4. The number of hydroxylamine groups is 1. The molecule has 2 amide bonds. The smallest absolute Gasteiger partial charge is 0.320 e. The summed E-state index contributed by atoms with van der Waals surface area (Å²) in [6.45, 7) is 2.10. The molecule has 0 aliphatic heterocycles. The van der Waals surface area contributed by atoms with Crippen molar-refractivity contribution in [1.29, 1.82) is 0 Å². The molecule has 1 aromatic rings.